The molecule has 0 aliphatic heterocycles. The molecule has 0 N–H and O–H groups in total. The van der Waals surface area contributed by atoms with Crippen molar-refractivity contribution in [2.45, 2.75) is 60.1 Å². The number of nitrogens with zero attached hydrogens (tertiary/aromatic N) is 3. The minimum atomic E-state index is -2.67. The molecule has 0 spiro atoms. The highest BCUT2D eigenvalue weighted by Crippen LogP contribution is 2.42. The van der Waals surface area contributed by atoms with E-state index < -0.39 is 20.6 Å². The standard InChI is InChI=1S/C51H47N3O/c1-32(2)41-21-16-22-42(33(3)4)50(41)54-48-24-15-14-23-46(48)53-51(54)39-27-45(38-19-12-9-13-20-38)36(7)49(28-39)55-40-26-25-34(5)44(29-40)47-30-43(35(6)31-52-47)37-17-10-8-11-18-37/h8-33H,1-7H3/i5D3,6D3,7D3. The minimum Gasteiger partial charge on any atom is -0.457 e. The lowest BCUT2D eigenvalue weighted by Crippen LogP contribution is -2.08. The fourth-order valence-electron chi connectivity index (χ4n) is 7.27. The van der Waals surface area contributed by atoms with Crippen LogP contribution >= 0.6 is 0 Å². The number of ether oxygens (including phenoxy) is 1. The number of hydrogen-bond acceptors (Lipinski definition) is 3. The zero-order valence-electron chi connectivity index (χ0n) is 40.3. The van der Waals surface area contributed by atoms with Crippen LogP contribution in [0.5, 0.6) is 11.5 Å². The van der Waals surface area contributed by atoms with Crippen molar-refractivity contribution in [2.75, 3.05) is 0 Å². The summed E-state index contributed by atoms with van der Waals surface area (Å²) >= 11 is 0. The van der Waals surface area contributed by atoms with Crippen molar-refractivity contribution in [1.29, 1.82) is 0 Å². The van der Waals surface area contributed by atoms with Crippen molar-refractivity contribution in [3.05, 3.63) is 174 Å². The number of fused-ring (bicyclic) bond motifs is 1. The molecule has 55 heavy (non-hydrogen) atoms. The van der Waals surface area contributed by atoms with Crippen molar-refractivity contribution in [1.82, 2.24) is 14.5 Å². The van der Waals surface area contributed by atoms with E-state index in [1.54, 1.807) is 36.4 Å². The summed E-state index contributed by atoms with van der Waals surface area (Å²) in [6.45, 7) is 0.878. The van der Waals surface area contributed by atoms with Crippen molar-refractivity contribution in [2.24, 2.45) is 0 Å². The van der Waals surface area contributed by atoms with Crippen LogP contribution in [0.15, 0.2) is 146 Å². The van der Waals surface area contributed by atoms with Crippen LogP contribution in [0.1, 0.15) is 79.7 Å². The molecular weight excluding hydrogens is 671 g/mol. The Labute approximate surface area is 337 Å². The second kappa shape index (κ2) is 14.9. The van der Waals surface area contributed by atoms with Gasteiger partial charge >= 0.3 is 0 Å². The monoisotopic (exact) mass is 726 g/mol. The summed E-state index contributed by atoms with van der Waals surface area (Å²) in [4.78, 5) is 9.76. The zero-order chi connectivity index (χ0) is 45.7. The lowest BCUT2D eigenvalue weighted by atomic mass is 9.92. The largest absolute Gasteiger partial charge is 0.457 e. The topological polar surface area (TPSA) is 39.9 Å². The van der Waals surface area contributed by atoms with Crippen molar-refractivity contribution >= 4 is 11.0 Å². The first-order chi connectivity index (χ1) is 30.3. The molecule has 0 saturated heterocycles. The van der Waals surface area contributed by atoms with E-state index in [0.29, 0.717) is 33.6 Å². The molecule has 2 aromatic heterocycles. The van der Waals surface area contributed by atoms with E-state index >= 15 is 0 Å². The Morgan fingerprint density at radius 1 is 0.582 bits per heavy atom. The van der Waals surface area contributed by atoms with E-state index in [-0.39, 0.29) is 51.3 Å². The van der Waals surface area contributed by atoms with Gasteiger partial charge in [0.2, 0.25) is 0 Å². The lowest BCUT2D eigenvalue weighted by Gasteiger charge is -2.23. The fourth-order valence-corrected chi connectivity index (χ4v) is 7.27. The fraction of sp³-hybridized carbons (Fsp3) is 0.176. The molecule has 0 radical (unpaired) electrons. The molecule has 0 aliphatic carbocycles. The van der Waals surface area contributed by atoms with E-state index in [4.69, 9.17) is 22.1 Å². The summed E-state index contributed by atoms with van der Waals surface area (Å²) in [5.41, 5.74) is 7.89. The van der Waals surface area contributed by atoms with Gasteiger partial charge in [0, 0.05) is 29.7 Å². The Balaban J connectivity index is 1.39. The number of rotatable bonds is 9. The molecule has 0 aliphatic rings. The van der Waals surface area contributed by atoms with Crippen LogP contribution in [0.4, 0.5) is 0 Å². The highest BCUT2D eigenvalue weighted by Gasteiger charge is 2.24. The van der Waals surface area contributed by atoms with E-state index in [1.807, 2.05) is 66.7 Å². The number of imidazole rings is 1. The predicted octanol–water partition coefficient (Wildman–Crippen LogP) is 14.1. The van der Waals surface area contributed by atoms with E-state index in [1.165, 1.54) is 24.4 Å². The molecule has 0 unspecified atom stereocenters. The lowest BCUT2D eigenvalue weighted by molar-refractivity contribution is 0.479. The number of pyridine rings is 1. The normalized spacial score (nSPS) is 14.6. The molecule has 4 heteroatoms. The molecule has 272 valence electrons. The first-order valence-electron chi connectivity index (χ1n) is 23.0. The first kappa shape index (κ1) is 26.5. The van der Waals surface area contributed by atoms with Gasteiger partial charge in [0.25, 0.3) is 0 Å². The average molecular weight is 727 g/mol. The first-order valence-corrected chi connectivity index (χ1v) is 18.5. The molecule has 4 nitrogen and oxygen atoms in total. The smallest absolute Gasteiger partial charge is 0.145 e. The highest BCUT2D eigenvalue weighted by atomic mass is 16.5. The van der Waals surface area contributed by atoms with Crippen molar-refractivity contribution in [3.63, 3.8) is 0 Å². The summed E-state index contributed by atoms with van der Waals surface area (Å²) in [5, 5.41) is 0. The molecular formula is C51H47N3O. The van der Waals surface area contributed by atoms with Crippen molar-refractivity contribution in [3.8, 4) is 62.1 Å². The Bertz CT molecular complexity index is 2960. The van der Waals surface area contributed by atoms with Gasteiger partial charge in [0.05, 0.1) is 22.4 Å². The van der Waals surface area contributed by atoms with Gasteiger partial charge in [-0.25, -0.2) is 4.98 Å². The van der Waals surface area contributed by atoms with Gasteiger partial charge in [-0.2, -0.15) is 0 Å². The van der Waals surface area contributed by atoms with Gasteiger partial charge in [0.1, 0.15) is 17.3 Å². The maximum absolute atomic E-state index is 8.93. The summed E-state index contributed by atoms with van der Waals surface area (Å²) < 4.78 is 85.9. The Kier molecular flexibility index (Phi) is 7.17. The molecule has 2 heterocycles. The summed E-state index contributed by atoms with van der Waals surface area (Å²) in [5.74, 6) is 1.08. The van der Waals surface area contributed by atoms with Gasteiger partial charge in [-0.3, -0.25) is 9.55 Å². The van der Waals surface area contributed by atoms with Gasteiger partial charge < -0.3 is 4.74 Å². The SMILES string of the molecule is [2H]C([2H])([2H])c1cnc(-c2cc(Oc3cc(-c4nc5ccccc5n4-c4c(C(C)C)cccc4C(C)C)cc(-c4ccccc4)c3C([2H])([2H])[2H])ccc2C([2H])([2H])[2H])cc1-c1ccccc1. The van der Waals surface area contributed by atoms with Crippen LogP contribution < -0.4 is 4.74 Å². The van der Waals surface area contributed by atoms with Gasteiger partial charge in [-0.05, 0) is 125 Å². The number of benzene rings is 6. The number of para-hydroxylation sites is 3. The van der Waals surface area contributed by atoms with Gasteiger partial charge in [-0.15, -0.1) is 0 Å². The Morgan fingerprint density at radius 2 is 1.25 bits per heavy atom. The molecule has 0 amide bonds. The zero-order valence-corrected chi connectivity index (χ0v) is 31.3. The Morgan fingerprint density at radius 3 is 1.93 bits per heavy atom. The van der Waals surface area contributed by atoms with Crippen LogP contribution in [0.2, 0.25) is 0 Å². The number of aromatic nitrogens is 3. The van der Waals surface area contributed by atoms with Crippen molar-refractivity contribution < 1.29 is 17.1 Å². The van der Waals surface area contributed by atoms with E-state index in [9.17, 15) is 0 Å². The van der Waals surface area contributed by atoms with Gasteiger partial charge in [-0.1, -0.05) is 125 Å². The maximum atomic E-state index is 8.93. The molecule has 0 bridgehead atoms. The van der Waals surface area contributed by atoms with Crippen LogP contribution in [0, 0.1) is 20.6 Å². The maximum Gasteiger partial charge on any atom is 0.145 e. The molecule has 0 fully saturated rings. The second-order valence-corrected chi connectivity index (χ2v) is 14.4. The van der Waals surface area contributed by atoms with Crippen LogP contribution in [0.25, 0.3) is 61.6 Å². The predicted molar refractivity (Wildman–Crippen MR) is 230 cm³/mol. The third-order valence-electron chi connectivity index (χ3n) is 10.1. The Hall–Kier alpha value is -6.26. The molecule has 8 aromatic rings. The number of aryl methyl sites for hydroxylation is 2. The van der Waals surface area contributed by atoms with E-state index in [0.717, 1.165) is 27.8 Å². The summed E-state index contributed by atoms with van der Waals surface area (Å²) in [7, 11) is 0. The summed E-state index contributed by atoms with van der Waals surface area (Å²) in [6.07, 6.45) is 1.26. The quantitative estimate of drug-likeness (QED) is 0.149. The van der Waals surface area contributed by atoms with Gasteiger partial charge in [0.15, 0.2) is 0 Å². The third-order valence-corrected chi connectivity index (χ3v) is 10.1. The second-order valence-electron chi connectivity index (χ2n) is 14.4. The van der Waals surface area contributed by atoms with E-state index in [2.05, 4.69) is 55.4 Å². The molecule has 0 atom stereocenters. The van der Waals surface area contributed by atoms with Crippen LogP contribution in [0.3, 0.4) is 0 Å². The molecule has 0 saturated carbocycles. The average Bonchev–Trinajstić information content (AvgIpc) is 3.64. The molecule has 6 aromatic carbocycles. The number of hydrogen-bond donors (Lipinski definition) is 0. The highest BCUT2D eigenvalue weighted by molar-refractivity contribution is 5.86. The summed E-state index contributed by atoms with van der Waals surface area (Å²) in [6, 6.07) is 42.1. The van der Waals surface area contributed by atoms with Crippen LogP contribution in [-0.2, 0) is 0 Å². The third kappa shape index (κ3) is 6.85. The minimum absolute atomic E-state index is 0.0143. The molecule has 8 rings (SSSR count). The van der Waals surface area contributed by atoms with Crippen LogP contribution in [-0.4, -0.2) is 14.5 Å².